The minimum absolute atomic E-state index is 0.0309. The SMILES string of the molecule is O=C1CCC(N2Cc3cc(CCC(=O)c4ccc(Cl)cc4)ccc3C2=O)C(=O)N1. The zero-order valence-corrected chi connectivity index (χ0v) is 16.4. The van der Waals surface area contributed by atoms with E-state index in [4.69, 9.17) is 11.6 Å². The quantitative estimate of drug-likeness (QED) is 0.606. The average Bonchev–Trinajstić information content (AvgIpc) is 3.02. The van der Waals surface area contributed by atoms with Gasteiger partial charge in [-0.05, 0) is 54.3 Å². The van der Waals surface area contributed by atoms with Crippen molar-refractivity contribution in [2.75, 3.05) is 0 Å². The molecule has 1 N–H and O–H groups in total. The third-order valence-electron chi connectivity index (χ3n) is 5.39. The van der Waals surface area contributed by atoms with Gasteiger partial charge in [-0.2, -0.15) is 0 Å². The molecule has 2 aliphatic rings. The number of nitrogens with zero attached hydrogens (tertiary/aromatic N) is 1. The molecule has 0 bridgehead atoms. The van der Waals surface area contributed by atoms with Crippen molar-refractivity contribution in [2.24, 2.45) is 0 Å². The number of fused-ring (bicyclic) bond motifs is 1. The van der Waals surface area contributed by atoms with Gasteiger partial charge in [0.15, 0.2) is 5.78 Å². The Bertz CT molecular complexity index is 1020. The van der Waals surface area contributed by atoms with Crippen LogP contribution >= 0.6 is 11.6 Å². The zero-order valence-electron chi connectivity index (χ0n) is 15.6. The number of halogens is 1. The number of imide groups is 1. The van der Waals surface area contributed by atoms with Crippen LogP contribution in [0.15, 0.2) is 42.5 Å². The molecule has 2 aliphatic heterocycles. The molecular weight excluding hydrogens is 392 g/mol. The van der Waals surface area contributed by atoms with Crippen molar-refractivity contribution in [1.29, 1.82) is 0 Å². The number of carbonyl (C=O) groups is 4. The Morgan fingerprint density at radius 1 is 1.10 bits per heavy atom. The van der Waals surface area contributed by atoms with Crippen LogP contribution in [0.4, 0.5) is 0 Å². The van der Waals surface area contributed by atoms with Gasteiger partial charge in [-0.1, -0.05) is 23.7 Å². The molecule has 0 aliphatic carbocycles. The summed E-state index contributed by atoms with van der Waals surface area (Å²) in [5.74, 6) is -0.888. The van der Waals surface area contributed by atoms with Gasteiger partial charge in [0.05, 0.1) is 0 Å². The van der Waals surface area contributed by atoms with Crippen molar-refractivity contribution in [3.8, 4) is 0 Å². The highest BCUT2D eigenvalue weighted by atomic mass is 35.5. The maximum absolute atomic E-state index is 12.7. The fraction of sp³-hybridized carbons (Fsp3) is 0.273. The van der Waals surface area contributed by atoms with Crippen LogP contribution in [0.25, 0.3) is 0 Å². The van der Waals surface area contributed by atoms with Gasteiger partial charge in [0.2, 0.25) is 11.8 Å². The molecule has 1 fully saturated rings. The van der Waals surface area contributed by atoms with Gasteiger partial charge >= 0.3 is 0 Å². The lowest BCUT2D eigenvalue weighted by Gasteiger charge is -2.29. The van der Waals surface area contributed by atoms with Crippen molar-refractivity contribution < 1.29 is 19.2 Å². The standard InChI is InChI=1S/C22H19ClN2O4/c23-16-5-3-14(4-6-16)19(26)9-2-13-1-7-17-15(11-13)12-25(22(17)29)18-8-10-20(27)24-21(18)28/h1,3-7,11,18H,2,8-10,12H2,(H,24,27,28). The summed E-state index contributed by atoms with van der Waals surface area (Å²) in [6.07, 6.45) is 1.48. The van der Waals surface area contributed by atoms with Crippen molar-refractivity contribution in [2.45, 2.75) is 38.3 Å². The Morgan fingerprint density at radius 2 is 1.86 bits per heavy atom. The number of benzene rings is 2. The van der Waals surface area contributed by atoms with E-state index in [2.05, 4.69) is 5.32 Å². The van der Waals surface area contributed by atoms with Gasteiger partial charge in [0, 0.05) is 35.5 Å². The van der Waals surface area contributed by atoms with Crippen LogP contribution in [-0.2, 0) is 22.6 Å². The first-order chi connectivity index (χ1) is 13.9. The molecule has 1 unspecified atom stereocenters. The molecule has 7 heteroatoms. The summed E-state index contributed by atoms with van der Waals surface area (Å²) >= 11 is 5.85. The molecule has 0 spiro atoms. The van der Waals surface area contributed by atoms with Gasteiger partial charge in [-0.15, -0.1) is 0 Å². The molecule has 2 heterocycles. The summed E-state index contributed by atoms with van der Waals surface area (Å²) in [5.41, 5.74) is 3.00. The van der Waals surface area contributed by atoms with Crippen LogP contribution < -0.4 is 5.32 Å². The lowest BCUT2D eigenvalue weighted by molar-refractivity contribution is -0.136. The van der Waals surface area contributed by atoms with Gasteiger partial charge in [0.1, 0.15) is 6.04 Å². The van der Waals surface area contributed by atoms with Crippen molar-refractivity contribution >= 4 is 35.1 Å². The Kier molecular flexibility index (Phi) is 5.20. The first kappa shape index (κ1) is 19.3. The largest absolute Gasteiger partial charge is 0.322 e. The molecule has 2 aromatic rings. The van der Waals surface area contributed by atoms with Crippen LogP contribution in [-0.4, -0.2) is 34.4 Å². The van der Waals surface area contributed by atoms with Gasteiger partial charge < -0.3 is 4.90 Å². The predicted octanol–water partition coefficient (Wildman–Crippen LogP) is 2.92. The molecular formula is C22H19ClN2O4. The van der Waals surface area contributed by atoms with Crippen molar-refractivity contribution in [3.05, 3.63) is 69.7 Å². The fourth-order valence-corrected chi connectivity index (χ4v) is 3.95. The molecule has 29 heavy (non-hydrogen) atoms. The molecule has 1 saturated heterocycles. The van der Waals surface area contributed by atoms with E-state index < -0.39 is 11.9 Å². The average molecular weight is 411 g/mol. The zero-order chi connectivity index (χ0) is 20.5. The van der Waals surface area contributed by atoms with Crippen LogP contribution in [0.2, 0.25) is 5.02 Å². The lowest BCUT2D eigenvalue weighted by atomic mass is 10.00. The van der Waals surface area contributed by atoms with Crippen LogP contribution in [0.1, 0.15) is 51.1 Å². The first-order valence-electron chi connectivity index (χ1n) is 9.47. The molecule has 148 valence electrons. The van der Waals surface area contributed by atoms with E-state index in [0.717, 1.165) is 11.1 Å². The highest BCUT2D eigenvalue weighted by Crippen LogP contribution is 2.28. The molecule has 3 amide bonds. The normalized spacial score (nSPS) is 18.6. The molecule has 6 nitrogen and oxygen atoms in total. The lowest BCUT2D eigenvalue weighted by Crippen LogP contribution is -2.52. The van der Waals surface area contributed by atoms with Gasteiger partial charge in [0.25, 0.3) is 5.91 Å². The highest BCUT2D eigenvalue weighted by Gasteiger charge is 2.39. The molecule has 0 aromatic heterocycles. The number of aryl methyl sites for hydroxylation is 1. The van der Waals surface area contributed by atoms with E-state index in [-0.39, 0.29) is 24.0 Å². The second-order valence-corrected chi connectivity index (χ2v) is 7.76. The van der Waals surface area contributed by atoms with E-state index in [9.17, 15) is 19.2 Å². The number of hydrogen-bond donors (Lipinski definition) is 1. The number of rotatable bonds is 5. The topological polar surface area (TPSA) is 83.6 Å². The summed E-state index contributed by atoms with van der Waals surface area (Å²) in [5, 5.41) is 2.89. The number of Topliss-reactive ketones (excluding diaryl/α,β-unsaturated/α-hetero) is 1. The van der Waals surface area contributed by atoms with Crippen LogP contribution in [0.5, 0.6) is 0 Å². The summed E-state index contributed by atoms with van der Waals surface area (Å²) in [6.45, 7) is 0.333. The molecule has 0 saturated carbocycles. The summed E-state index contributed by atoms with van der Waals surface area (Å²) in [7, 11) is 0. The third kappa shape index (κ3) is 3.93. The highest BCUT2D eigenvalue weighted by molar-refractivity contribution is 6.30. The molecule has 1 atom stereocenters. The van der Waals surface area contributed by atoms with E-state index in [1.54, 1.807) is 30.3 Å². The van der Waals surface area contributed by atoms with E-state index in [1.165, 1.54) is 4.90 Å². The number of piperidine rings is 1. The second kappa shape index (κ2) is 7.79. The van der Waals surface area contributed by atoms with Crippen molar-refractivity contribution in [1.82, 2.24) is 10.2 Å². The number of amides is 3. The minimum atomic E-state index is -0.623. The number of ketones is 1. The van der Waals surface area contributed by atoms with Crippen LogP contribution in [0.3, 0.4) is 0 Å². The summed E-state index contributed by atoms with van der Waals surface area (Å²) in [4.78, 5) is 50.1. The Balaban J connectivity index is 1.43. The second-order valence-electron chi connectivity index (χ2n) is 7.32. The van der Waals surface area contributed by atoms with Crippen molar-refractivity contribution in [3.63, 3.8) is 0 Å². The van der Waals surface area contributed by atoms with Gasteiger partial charge in [-0.25, -0.2) is 0 Å². The van der Waals surface area contributed by atoms with E-state index in [1.807, 2.05) is 12.1 Å². The number of carbonyl (C=O) groups excluding carboxylic acids is 4. The first-order valence-corrected chi connectivity index (χ1v) is 9.85. The Hall–Kier alpha value is -2.99. The van der Waals surface area contributed by atoms with E-state index >= 15 is 0 Å². The maximum Gasteiger partial charge on any atom is 0.255 e. The summed E-state index contributed by atoms with van der Waals surface area (Å²) in [6, 6.07) is 11.7. The molecule has 2 aromatic carbocycles. The Morgan fingerprint density at radius 3 is 2.59 bits per heavy atom. The molecule has 0 radical (unpaired) electrons. The Labute approximate surface area is 172 Å². The van der Waals surface area contributed by atoms with E-state index in [0.29, 0.717) is 42.0 Å². The summed E-state index contributed by atoms with van der Waals surface area (Å²) < 4.78 is 0. The smallest absolute Gasteiger partial charge is 0.255 e. The third-order valence-corrected chi connectivity index (χ3v) is 5.65. The molecule has 4 rings (SSSR count). The minimum Gasteiger partial charge on any atom is -0.322 e. The predicted molar refractivity (Wildman–Crippen MR) is 107 cm³/mol. The number of nitrogens with one attached hydrogen (secondary N) is 1. The fourth-order valence-electron chi connectivity index (χ4n) is 3.82. The maximum atomic E-state index is 12.7. The number of hydrogen-bond acceptors (Lipinski definition) is 4. The monoisotopic (exact) mass is 410 g/mol. The van der Waals surface area contributed by atoms with Gasteiger partial charge in [-0.3, -0.25) is 24.5 Å². The van der Waals surface area contributed by atoms with Crippen LogP contribution in [0, 0.1) is 0 Å².